The SMILES string of the molecule is COc1ccc(CN2C(=S)N[C@H](c3ccccn3)[C@H]2c2sccc2C)cc1. The number of aryl methyl sites for hydroxylation is 1. The fraction of sp³-hybridized carbons (Fsp3) is 0.238. The number of aromatic nitrogens is 1. The summed E-state index contributed by atoms with van der Waals surface area (Å²) < 4.78 is 5.27. The summed E-state index contributed by atoms with van der Waals surface area (Å²) in [5, 5.41) is 6.41. The first kappa shape index (κ1) is 17.9. The van der Waals surface area contributed by atoms with Crippen LogP contribution in [0.25, 0.3) is 0 Å². The first-order valence-electron chi connectivity index (χ1n) is 8.82. The Morgan fingerprint density at radius 3 is 2.63 bits per heavy atom. The van der Waals surface area contributed by atoms with Crippen molar-refractivity contribution in [1.29, 1.82) is 0 Å². The van der Waals surface area contributed by atoms with Gasteiger partial charge in [0, 0.05) is 17.6 Å². The van der Waals surface area contributed by atoms with E-state index in [2.05, 4.69) is 51.8 Å². The summed E-state index contributed by atoms with van der Waals surface area (Å²) >= 11 is 7.51. The Kier molecular flexibility index (Phi) is 5.09. The lowest BCUT2D eigenvalue weighted by molar-refractivity contribution is 0.314. The Labute approximate surface area is 168 Å². The normalized spacial score (nSPS) is 19.2. The largest absolute Gasteiger partial charge is 0.497 e. The second kappa shape index (κ2) is 7.66. The molecular formula is C21H21N3OS2. The van der Waals surface area contributed by atoms with E-state index in [1.165, 1.54) is 16.0 Å². The number of ether oxygens (including phenoxy) is 1. The summed E-state index contributed by atoms with van der Waals surface area (Å²) in [6.45, 7) is 2.90. The van der Waals surface area contributed by atoms with Gasteiger partial charge in [-0.2, -0.15) is 0 Å². The van der Waals surface area contributed by atoms with Crippen LogP contribution in [0.5, 0.6) is 5.75 Å². The third-order valence-corrected chi connectivity index (χ3v) is 6.32. The van der Waals surface area contributed by atoms with Gasteiger partial charge in [0.25, 0.3) is 0 Å². The number of pyridine rings is 1. The molecule has 4 rings (SSSR count). The van der Waals surface area contributed by atoms with E-state index in [0.717, 1.165) is 23.1 Å². The van der Waals surface area contributed by atoms with Crippen LogP contribution in [0.2, 0.25) is 0 Å². The molecule has 27 heavy (non-hydrogen) atoms. The number of rotatable bonds is 5. The highest BCUT2D eigenvalue weighted by Gasteiger charge is 2.40. The molecule has 0 amide bonds. The highest BCUT2D eigenvalue weighted by molar-refractivity contribution is 7.80. The first-order chi connectivity index (χ1) is 13.2. The number of methoxy groups -OCH3 is 1. The fourth-order valence-electron chi connectivity index (χ4n) is 3.47. The maximum Gasteiger partial charge on any atom is 0.170 e. The Morgan fingerprint density at radius 2 is 2.00 bits per heavy atom. The molecule has 2 aromatic heterocycles. The number of nitrogens with one attached hydrogen (secondary N) is 1. The predicted octanol–water partition coefficient (Wildman–Crippen LogP) is 4.63. The van der Waals surface area contributed by atoms with Gasteiger partial charge >= 0.3 is 0 Å². The summed E-state index contributed by atoms with van der Waals surface area (Å²) in [6.07, 6.45) is 1.84. The van der Waals surface area contributed by atoms with Gasteiger partial charge in [0.2, 0.25) is 0 Å². The van der Waals surface area contributed by atoms with E-state index >= 15 is 0 Å². The van der Waals surface area contributed by atoms with E-state index in [4.69, 9.17) is 17.0 Å². The van der Waals surface area contributed by atoms with Crippen molar-refractivity contribution in [3.63, 3.8) is 0 Å². The zero-order valence-corrected chi connectivity index (χ0v) is 16.9. The van der Waals surface area contributed by atoms with E-state index < -0.39 is 0 Å². The standard InChI is InChI=1S/C21H21N3OS2/c1-14-10-12-27-20(14)19-18(17-5-3-4-11-22-17)23-21(26)24(19)13-15-6-8-16(25-2)9-7-15/h3-12,18-19H,13H2,1-2H3,(H,23,26)/t18-,19+/m1/s1. The van der Waals surface area contributed by atoms with Crippen LogP contribution in [0, 0.1) is 6.92 Å². The molecule has 2 atom stereocenters. The molecule has 0 spiro atoms. The van der Waals surface area contributed by atoms with Gasteiger partial charge in [0.05, 0.1) is 24.9 Å². The lowest BCUT2D eigenvalue weighted by Crippen LogP contribution is -2.29. The van der Waals surface area contributed by atoms with E-state index in [-0.39, 0.29) is 12.1 Å². The average molecular weight is 396 g/mol. The molecule has 6 heteroatoms. The zero-order valence-electron chi connectivity index (χ0n) is 15.3. The van der Waals surface area contributed by atoms with Gasteiger partial charge in [-0.05, 0) is 66.0 Å². The molecule has 0 bridgehead atoms. The van der Waals surface area contributed by atoms with E-state index in [1.807, 2.05) is 30.5 Å². The monoisotopic (exact) mass is 395 g/mol. The van der Waals surface area contributed by atoms with Gasteiger partial charge in [-0.3, -0.25) is 4.98 Å². The van der Waals surface area contributed by atoms with Crippen LogP contribution >= 0.6 is 23.6 Å². The van der Waals surface area contributed by atoms with Crippen LogP contribution in [-0.2, 0) is 6.54 Å². The Morgan fingerprint density at radius 1 is 1.19 bits per heavy atom. The van der Waals surface area contributed by atoms with Crippen molar-refractivity contribution in [2.45, 2.75) is 25.6 Å². The molecule has 0 unspecified atom stereocenters. The van der Waals surface area contributed by atoms with E-state index in [0.29, 0.717) is 0 Å². The summed E-state index contributed by atoms with van der Waals surface area (Å²) in [6, 6.07) is 16.5. The van der Waals surface area contributed by atoms with Crippen LogP contribution < -0.4 is 10.1 Å². The molecule has 0 aliphatic carbocycles. The number of benzene rings is 1. The number of hydrogen-bond donors (Lipinski definition) is 1. The molecule has 1 aliphatic rings. The van der Waals surface area contributed by atoms with Crippen molar-refractivity contribution in [1.82, 2.24) is 15.2 Å². The average Bonchev–Trinajstić information content (AvgIpc) is 3.26. The first-order valence-corrected chi connectivity index (χ1v) is 10.1. The number of hydrogen-bond acceptors (Lipinski definition) is 4. The van der Waals surface area contributed by atoms with Gasteiger partial charge < -0.3 is 15.0 Å². The third-order valence-electron chi connectivity index (χ3n) is 4.88. The van der Waals surface area contributed by atoms with Crippen molar-refractivity contribution in [2.75, 3.05) is 7.11 Å². The van der Waals surface area contributed by atoms with Crippen molar-refractivity contribution in [2.24, 2.45) is 0 Å². The fourth-order valence-corrected chi connectivity index (χ4v) is 4.86. The van der Waals surface area contributed by atoms with Gasteiger partial charge in [-0.15, -0.1) is 11.3 Å². The zero-order chi connectivity index (χ0) is 18.8. The van der Waals surface area contributed by atoms with E-state index in [1.54, 1.807) is 18.4 Å². The molecule has 3 heterocycles. The Balaban J connectivity index is 1.70. The minimum absolute atomic E-state index is 0.0364. The van der Waals surface area contributed by atoms with Gasteiger partial charge in [-0.1, -0.05) is 18.2 Å². The maximum atomic E-state index is 5.73. The summed E-state index contributed by atoms with van der Waals surface area (Å²) in [7, 11) is 1.68. The lowest BCUT2D eigenvalue weighted by Gasteiger charge is -2.27. The van der Waals surface area contributed by atoms with Crippen molar-refractivity contribution in [3.05, 3.63) is 81.8 Å². The summed E-state index contributed by atoms with van der Waals surface area (Å²) in [4.78, 5) is 8.19. The summed E-state index contributed by atoms with van der Waals surface area (Å²) in [5.74, 6) is 0.859. The molecule has 1 N–H and O–H groups in total. The number of thiophene rings is 1. The van der Waals surface area contributed by atoms with Crippen LogP contribution in [0.15, 0.2) is 60.1 Å². The third kappa shape index (κ3) is 3.55. The highest BCUT2D eigenvalue weighted by atomic mass is 32.1. The second-order valence-electron chi connectivity index (χ2n) is 6.57. The molecule has 138 valence electrons. The molecule has 1 aromatic carbocycles. The van der Waals surface area contributed by atoms with E-state index in [9.17, 15) is 0 Å². The molecule has 1 saturated heterocycles. The topological polar surface area (TPSA) is 37.4 Å². The van der Waals surface area contributed by atoms with Crippen LogP contribution in [0.1, 0.15) is 33.8 Å². The molecule has 3 aromatic rings. The van der Waals surface area contributed by atoms with Crippen molar-refractivity contribution >= 4 is 28.7 Å². The molecule has 1 fully saturated rings. The van der Waals surface area contributed by atoms with Crippen LogP contribution in [0.4, 0.5) is 0 Å². The predicted molar refractivity (Wildman–Crippen MR) is 113 cm³/mol. The number of thiocarbonyl (C=S) groups is 1. The van der Waals surface area contributed by atoms with Crippen LogP contribution in [-0.4, -0.2) is 22.1 Å². The Hall–Kier alpha value is -2.44. The van der Waals surface area contributed by atoms with Gasteiger partial charge in [-0.25, -0.2) is 0 Å². The van der Waals surface area contributed by atoms with Crippen LogP contribution in [0.3, 0.4) is 0 Å². The molecule has 0 saturated carbocycles. The minimum atomic E-state index is 0.0364. The van der Waals surface area contributed by atoms with Gasteiger partial charge in [0.15, 0.2) is 5.11 Å². The quantitative estimate of drug-likeness (QED) is 0.638. The number of nitrogens with zero attached hydrogens (tertiary/aromatic N) is 2. The Bertz CT molecular complexity index is 924. The van der Waals surface area contributed by atoms with Crippen molar-refractivity contribution in [3.8, 4) is 5.75 Å². The minimum Gasteiger partial charge on any atom is -0.497 e. The van der Waals surface area contributed by atoms with Gasteiger partial charge in [0.1, 0.15) is 5.75 Å². The second-order valence-corrected chi connectivity index (χ2v) is 7.90. The molecule has 1 aliphatic heterocycles. The molecular weight excluding hydrogens is 374 g/mol. The maximum absolute atomic E-state index is 5.73. The molecule has 0 radical (unpaired) electrons. The summed E-state index contributed by atoms with van der Waals surface area (Å²) in [5.41, 5.74) is 3.49. The lowest BCUT2D eigenvalue weighted by atomic mass is 10.0. The smallest absolute Gasteiger partial charge is 0.170 e. The van der Waals surface area contributed by atoms with Crippen molar-refractivity contribution < 1.29 is 4.74 Å². The highest BCUT2D eigenvalue weighted by Crippen LogP contribution is 2.42. The molecule has 4 nitrogen and oxygen atoms in total.